The Balaban J connectivity index is 1.28. The van der Waals surface area contributed by atoms with Gasteiger partial charge in [-0.2, -0.15) is 0 Å². The van der Waals surface area contributed by atoms with Crippen LogP contribution in [0.4, 0.5) is 5.69 Å². The van der Waals surface area contributed by atoms with E-state index in [1.165, 1.54) is 0 Å². The van der Waals surface area contributed by atoms with Gasteiger partial charge < -0.3 is 19.7 Å². The van der Waals surface area contributed by atoms with Gasteiger partial charge in [-0.3, -0.25) is 14.5 Å². The maximum atomic E-state index is 13.0. The summed E-state index contributed by atoms with van der Waals surface area (Å²) >= 11 is 0. The predicted molar refractivity (Wildman–Crippen MR) is 109 cm³/mol. The van der Waals surface area contributed by atoms with E-state index in [4.69, 9.17) is 9.47 Å². The van der Waals surface area contributed by atoms with Crippen molar-refractivity contribution in [2.45, 2.75) is 19.1 Å². The van der Waals surface area contributed by atoms with Gasteiger partial charge >= 0.3 is 0 Å². The minimum Gasteiger partial charge on any atom is -0.482 e. The van der Waals surface area contributed by atoms with Crippen molar-refractivity contribution in [3.05, 3.63) is 54.6 Å². The minimum atomic E-state index is -0.655. The quantitative estimate of drug-likeness (QED) is 0.858. The molecule has 2 aliphatic heterocycles. The summed E-state index contributed by atoms with van der Waals surface area (Å²) in [5, 5.41) is 2.89. The normalized spacial score (nSPS) is 21.5. The molecule has 2 aliphatic rings. The molecule has 2 heterocycles. The van der Waals surface area contributed by atoms with Crippen LogP contribution in [0.2, 0.25) is 0 Å². The average Bonchev–Trinajstić information content (AvgIpc) is 2.74. The molecule has 0 saturated carbocycles. The van der Waals surface area contributed by atoms with E-state index in [1.54, 1.807) is 4.90 Å². The molecule has 2 aromatic carbocycles. The minimum absolute atomic E-state index is 0.0507. The number of anilines is 1. The number of carbonyl (C=O) groups excluding carboxylic acids is 2. The number of nitrogens with zero attached hydrogens (tertiary/aromatic N) is 2. The molecular formula is C22H25N3O4. The maximum absolute atomic E-state index is 13.0. The van der Waals surface area contributed by atoms with Crippen LogP contribution in [0.15, 0.2) is 54.6 Å². The van der Waals surface area contributed by atoms with Crippen LogP contribution in [0.5, 0.6) is 11.5 Å². The van der Waals surface area contributed by atoms with Crippen molar-refractivity contribution in [1.82, 2.24) is 9.80 Å². The molecule has 1 N–H and O–H groups in total. The van der Waals surface area contributed by atoms with Gasteiger partial charge in [0.25, 0.3) is 5.91 Å². The standard InChI is InChI=1S/C22H25N3O4/c1-16-21(29-19-10-6-5-9-18(19)28-16)22(27)25-13-11-24(12-14-25)15-20(26)23-17-7-3-2-4-8-17/h2-10,16,21H,11-15H2,1H3,(H,23,26). The summed E-state index contributed by atoms with van der Waals surface area (Å²) in [5.41, 5.74) is 0.787. The summed E-state index contributed by atoms with van der Waals surface area (Å²) in [7, 11) is 0. The molecule has 2 unspecified atom stereocenters. The zero-order chi connectivity index (χ0) is 20.2. The van der Waals surface area contributed by atoms with Crippen LogP contribution in [0, 0.1) is 0 Å². The lowest BCUT2D eigenvalue weighted by molar-refractivity contribution is -0.146. The van der Waals surface area contributed by atoms with Gasteiger partial charge in [-0.25, -0.2) is 0 Å². The second kappa shape index (κ2) is 8.53. The molecule has 0 spiro atoms. The number of ether oxygens (including phenoxy) is 2. The Hall–Kier alpha value is -3.06. The fourth-order valence-electron chi connectivity index (χ4n) is 3.62. The number of rotatable bonds is 4. The van der Waals surface area contributed by atoms with E-state index in [-0.39, 0.29) is 17.9 Å². The molecule has 2 aromatic rings. The third-order valence-electron chi connectivity index (χ3n) is 5.19. The van der Waals surface area contributed by atoms with E-state index in [1.807, 2.05) is 61.5 Å². The SMILES string of the molecule is CC1Oc2ccccc2OC1C(=O)N1CCN(CC(=O)Nc2ccccc2)CC1. The van der Waals surface area contributed by atoms with Crippen molar-refractivity contribution >= 4 is 17.5 Å². The van der Waals surface area contributed by atoms with Gasteiger partial charge in [-0.15, -0.1) is 0 Å². The first-order chi connectivity index (χ1) is 14.1. The molecule has 0 aromatic heterocycles. The van der Waals surface area contributed by atoms with E-state index >= 15 is 0 Å². The molecule has 29 heavy (non-hydrogen) atoms. The summed E-state index contributed by atoms with van der Waals surface area (Å²) in [6.07, 6.45) is -1.01. The van der Waals surface area contributed by atoms with Crippen LogP contribution in [-0.2, 0) is 9.59 Å². The fraction of sp³-hybridized carbons (Fsp3) is 0.364. The Morgan fingerprint density at radius 3 is 2.24 bits per heavy atom. The Kier molecular flexibility index (Phi) is 5.67. The number of hydrogen-bond acceptors (Lipinski definition) is 5. The number of amides is 2. The van der Waals surface area contributed by atoms with Gasteiger partial charge in [0.1, 0.15) is 6.10 Å². The van der Waals surface area contributed by atoms with Crippen LogP contribution in [0.1, 0.15) is 6.92 Å². The highest BCUT2D eigenvalue weighted by molar-refractivity contribution is 5.92. The molecule has 152 valence electrons. The Bertz CT molecular complexity index is 865. The second-order valence-electron chi connectivity index (χ2n) is 7.32. The Morgan fingerprint density at radius 2 is 1.55 bits per heavy atom. The van der Waals surface area contributed by atoms with Gasteiger partial charge in [0.2, 0.25) is 12.0 Å². The number of fused-ring (bicyclic) bond motifs is 1. The number of para-hydroxylation sites is 3. The van der Waals surface area contributed by atoms with Crippen LogP contribution < -0.4 is 14.8 Å². The highest BCUT2D eigenvalue weighted by atomic mass is 16.6. The number of nitrogens with one attached hydrogen (secondary N) is 1. The fourth-order valence-corrected chi connectivity index (χ4v) is 3.62. The number of hydrogen-bond donors (Lipinski definition) is 1. The Labute approximate surface area is 170 Å². The lowest BCUT2D eigenvalue weighted by atomic mass is 10.1. The highest BCUT2D eigenvalue weighted by Crippen LogP contribution is 2.34. The van der Waals surface area contributed by atoms with Crippen molar-refractivity contribution < 1.29 is 19.1 Å². The zero-order valence-electron chi connectivity index (χ0n) is 16.4. The van der Waals surface area contributed by atoms with E-state index in [0.29, 0.717) is 44.2 Å². The largest absolute Gasteiger partial charge is 0.482 e. The smallest absolute Gasteiger partial charge is 0.267 e. The van der Waals surface area contributed by atoms with Gasteiger partial charge in [0, 0.05) is 31.9 Å². The zero-order valence-corrected chi connectivity index (χ0v) is 16.4. The summed E-state index contributed by atoms with van der Waals surface area (Å²) in [4.78, 5) is 29.1. The number of carbonyl (C=O) groups is 2. The van der Waals surface area contributed by atoms with Crippen LogP contribution >= 0.6 is 0 Å². The first-order valence-electron chi connectivity index (χ1n) is 9.88. The lowest BCUT2D eigenvalue weighted by Crippen LogP contribution is -2.56. The second-order valence-corrected chi connectivity index (χ2v) is 7.32. The van der Waals surface area contributed by atoms with Crippen molar-refractivity contribution in [1.29, 1.82) is 0 Å². The first kappa shape index (κ1) is 19.3. The van der Waals surface area contributed by atoms with E-state index in [0.717, 1.165) is 5.69 Å². The molecule has 0 bridgehead atoms. The van der Waals surface area contributed by atoms with Gasteiger partial charge in [0.05, 0.1) is 6.54 Å². The first-order valence-corrected chi connectivity index (χ1v) is 9.88. The maximum Gasteiger partial charge on any atom is 0.267 e. The average molecular weight is 395 g/mol. The molecule has 2 amide bonds. The summed E-state index contributed by atoms with van der Waals surface area (Å²) in [5.74, 6) is 1.14. The summed E-state index contributed by atoms with van der Waals surface area (Å²) in [6.45, 7) is 4.57. The summed E-state index contributed by atoms with van der Waals surface area (Å²) in [6, 6.07) is 16.8. The molecule has 2 atom stereocenters. The van der Waals surface area contributed by atoms with Crippen LogP contribution in [0.3, 0.4) is 0 Å². The molecule has 0 aliphatic carbocycles. The molecule has 0 radical (unpaired) electrons. The van der Waals surface area contributed by atoms with E-state index < -0.39 is 6.10 Å². The third kappa shape index (κ3) is 4.51. The molecule has 1 saturated heterocycles. The van der Waals surface area contributed by atoms with E-state index in [9.17, 15) is 9.59 Å². The van der Waals surface area contributed by atoms with Crippen molar-refractivity contribution in [3.63, 3.8) is 0 Å². The van der Waals surface area contributed by atoms with Crippen LogP contribution in [0.25, 0.3) is 0 Å². The van der Waals surface area contributed by atoms with Gasteiger partial charge in [0.15, 0.2) is 11.5 Å². The van der Waals surface area contributed by atoms with Crippen molar-refractivity contribution in [2.24, 2.45) is 0 Å². The molecule has 1 fully saturated rings. The number of piperazine rings is 1. The van der Waals surface area contributed by atoms with Gasteiger partial charge in [-0.1, -0.05) is 30.3 Å². The summed E-state index contributed by atoms with van der Waals surface area (Å²) < 4.78 is 11.8. The molecule has 7 nitrogen and oxygen atoms in total. The number of benzene rings is 2. The lowest BCUT2D eigenvalue weighted by Gasteiger charge is -2.38. The van der Waals surface area contributed by atoms with E-state index in [2.05, 4.69) is 10.2 Å². The van der Waals surface area contributed by atoms with Crippen molar-refractivity contribution in [3.8, 4) is 11.5 Å². The van der Waals surface area contributed by atoms with Crippen LogP contribution in [-0.4, -0.2) is 66.5 Å². The topological polar surface area (TPSA) is 71.1 Å². The monoisotopic (exact) mass is 395 g/mol. The predicted octanol–water partition coefficient (Wildman–Crippen LogP) is 2.00. The highest BCUT2D eigenvalue weighted by Gasteiger charge is 2.37. The molecule has 4 rings (SSSR count). The van der Waals surface area contributed by atoms with Gasteiger partial charge in [-0.05, 0) is 31.2 Å². The Morgan fingerprint density at radius 1 is 0.931 bits per heavy atom. The third-order valence-corrected chi connectivity index (χ3v) is 5.19. The molecule has 7 heteroatoms. The molecular weight excluding hydrogens is 370 g/mol. The van der Waals surface area contributed by atoms with Crippen molar-refractivity contribution in [2.75, 3.05) is 38.0 Å².